The number of benzene rings is 2. The summed E-state index contributed by atoms with van der Waals surface area (Å²) in [5.41, 5.74) is 1.81. The van der Waals surface area contributed by atoms with Crippen molar-refractivity contribution in [1.82, 2.24) is 19.7 Å². The van der Waals surface area contributed by atoms with E-state index < -0.39 is 20.0 Å². The van der Waals surface area contributed by atoms with Crippen LogP contribution < -0.4 is 23.7 Å². The molecule has 0 radical (unpaired) electrons. The molecule has 0 aliphatic heterocycles. The summed E-state index contributed by atoms with van der Waals surface area (Å²) in [4.78, 5) is 12.8. The Morgan fingerprint density at radius 2 is 1.56 bits per heavy atom. The Morgan fingerprint density at radius 3 is 2.19 bits per heavy atom. The summed E-state index contributed by atoms with van der Waals surface area (Å²) in [6, 6.07) is 16.2. The van der Waals surface area contributed by atoms with Gasteiger partial charge in [0.15, 0.2) is 22.3 Å². The third-order valence-corrected chi connectivity index (χ3v) is 8.85. The molecule has 0 aliphatic rings. The van der Waals surface area contributed by atoms with Gasteiger partial charge in [-0.1, -0.05) is 49.7 Å². The highest BCUT2D eigenvalue weighted by atomic mass is 32.2. The maximum absolute atomic E-state index is 13.3. The van der Waals surface area contributed by atoms with E-state index in [0.717, 1.165) is 11.1 Å². The molecule has 0 unspecified atom stereocenters. The van der Waals surface area contributed by atoms with Gasteiger partial charge in [-0.15, -0.1) is 0 Å². The van der Waals surface area contributed by atoms with Crippen molar-refractivity contribution in [2.45, 2.75) is 43.5 Å². The van der Waals surface area contributed by atoms with E-state index in [0.29, 0.717) is 5.75 Å². The molecule has 2 heterocycles. The van der Waals surface area contributed by atoms with E-state index in [-0.39, 0.29) is 58.0 Å². The highest BCUT2D eigenvalue weighted by Crippen LogP contribution is 2.40. The zero-order valence-electron chi connectivity index (χ0n) is 24.4. The van der Waals surface area contributed by atoms with Gasteiger partial charge in [-0.05, 0) is 55.7 Å². The van der Waals surface area contributed by atoms with E-state index in [9.17, 15) is 16.8 Å². The number of anilines is 1. The van der Waals surface area contributed by atoms with E-state index >= 15 is 0 Å². The molecule has 4 aromatic rings. The molecular formula is C29H33N5O7S2. The van der Waals surface area contributed by atoms with Gasteiger partial charge in [0.25, 0.3) is 15.9 Å². The Kier molecular flexibility index (Phi) is 9.84. The topological polar surface area (TPSA) is 159 Å². The first-order valence-corrected chi connectivity index (χ1v) is 16.2. The van der Waals surface area contributed by atoms with Crippen molar-refractivity contribution in [2.75, 3.05) is 25.0 Å². The van der Waals surface area contributed by atoms with Gasteiger partial charge >= 0.3 is 0 Å². The monoisotopic (exact) mass is 627 g/mol. The van der Waals surface area contributed by atoms with Crippen molar-refractivity contribution >= 4 is 25.9 Å². The molecular weight excluding hydrogens is 594 g/mol. The lowest BCUT2D eigenvalue weighted by Gasteiger charge is -2.18. The van der Waals surface area contributed by atoms with Crippen molar-refractivity contribution in [3.05, 3.63) is 83.8 Å². The minimum absolute atomic E-state index is 0.111. The van der Waals surface area contributed by atoms with E-state index in [2.05, 4.69) is 24.4 Å². The van der Waals surface area contributed by atoms with E-state index in [1.54, 1.807) is 49.4 Å². The fraction of sp³-hybridized carbons (Fsp3) is 0.276. The summed E-state index contributed by atoms with van der Waals surface area (Å²) in [5.74, 6) is 0.463. The number of nitrogens with one attached hydrogen (secondary N) is 2. The van der Waals surface area contributed by atoms with Crippen molar-refractivity contribution in [1.29, 1.82) is 0 Å². The van der Waals surface area contributed by atoms with Crippen LogP contribution in [0.2, 0.25) is 0 Å². The van der Waals surface area contributed by atoms with Crippen LogP contribution in [0, 0.1) is 13.8 Å². The molecule has 0 aliphatic carbocycles. The van der Waals surface area contributed by atoms with Crippen LogP contribution in [0.15, 0.2) is 76.8 Å². The summed E-state index contributed by atoms with van der Waals surface area (Å²) >= 11 is 0. The smallest absolute Gasteiger partial charge is 0.280 e. The highest BCUT2D eigenvalue weighted by Gasteiger charge is 2.25. The molecule has 12 nitrogen and oxygen atoms in total. The Hall–Kier alpha value is -4.27. The standard InChI is InChI=1S/C29H33N5O7S2/c1-19(2)22-12-15-26(30-18-22)43(37,38)34-28-27(41-25-9-7-6-8-24(25)39-5)29(33-21(4)32-28)40-17-16-31-42(35,36)23-13-10-20(3)11-14-23/h6-15,18-19,31H,16-17H2,1-5H3,(H,32,33,34). The number of pyridine rings is 1. The molecule has 2 aromatic heterocycles. The van der Waals surface area contributed by atoms with Crippen molar-refractivity contribution in [3.8, 4) is 23.1 Å². The highest BCUT2D eigenvalue weighted by molar-refractivity contribution is 7.92. The molecule has 0 bridgehead atoms. The van der Waals surface area contributed by atoms with Crippen molar-refractivity contribution in [2.24, 2.45) is 0 Å². The Morgan fingerprint density at radius 1 is 0.860 bits per heavy atom. The largest absolute Gasteiger partial charge is 0.493 e. The number of sulfonamides is 2. The molecule has 14 heteroatoms. The second kappa shape index (κ2) is 13.4. The summed E-state index contributed by atoms with van der Waals surface area (Å²) in [6.07, 6.45) is 1.50. The molecule has 0 atom stereocenters. The lowest BCUT2D eigenvalue weighted by Crippen LogP contribution is -2.28. The van der Waals surface area contributed by atoms with Gasteiger partial charge in [-0.3, -0.25) is 4.72 Å². The van der Waals surface area contributed by atoms with Crippen molar-refractivity contribution < 1.29 is 31.0 Å². The minimum Gasteiger partial charge on any atom is -0.493 e. The zero-order chi connectivity index (χ0) is 31.2. The number of ether oxygens (including phenoxy) is 3. The summed E-state index contributed by atoms with van der Waals surface area (Å²) in [6.45, 7) is 7.09. The van der Waals surface area contributed by atoms with Crippen LogP contribution in [0.25, 0.3) is 0 Å². The molecule has 0 spiro atoms. The maximum atomic E-state index is 13.3. The van der Waals surface area contributed by atoms with Gasteiger partial charge in [0, 0.05) is 12.7 Å². The van der Waals surface area contributed by atoms with Crippen LogP contribution in [0.5, 0.6) is 23.1 Å². The molecule has 0 fully saturated rings. The average molecular weight is 628 g/mol. The molecule has 0 saturated heterocycles. The number of aryl methyl sites for hydroxylation is 2. The fourth-order valence-electron chi connectivity index (χ4n) is 3.80. The second-order valence-electron chi connectivity index (χ2n) is 9.76. The predicted molar refractivity (Wildman–Crippen MR) is 161 cm³/mol. The van der Waals surface area contributed by atoms with Gasteiger partial charge in [0.05, 0.1) is 12.0 Å². The van der Waals surface area contributed by atoms with E-state index in [1.807, 2.05) is 20.8 Å². The quantitative estimate of drug-likeness (QED) is 0.201. The Bertz CT molecular complexity index is 1780. The molecule has 2 aromatic carbocycles. The van der Waals surface area contributed by atoms with Crippen LogP contribution >= 0.6 is 0 Å². The normalized spacial score (nSPS) is 11.8. The summed E-state index contributed by atoms with van der Waals surface area (Å²) in [5, 5.41) is -0.218. The van der Waals surface area contributed by atoms with Crippen LogP contribution in [0.4, 0.5) is 5.82 Å². The predicted octanol–water partition coefficient (Wildman–Crippen LogP) is 4.57. The minimum atomic E-state index is -4.21. The Balaban J connectivity index is 1.63. The van der Waals surface area contributed by atoms with Crippen LogP contribution in [0.3, 0.4) is 0 Å². The number of para-hydroxylation sites is 2. The fourth-order valence-corrected chi connectivity index (χ4v) is 5.75. The number of hydrogen-bond donors (Lipinski definition) is 2. The summed E-state index contributed by atoms with van der Waals surface area (Å²) in [7, 11) is -6.54. The first-order chi connectivity index (χ1) is 20.4. The molecule has 2 N–H and O–H groups in total. The van der Waals surface area contributed by atoms with Gasteiger partial charge in [-0.2, -0.15) is 13.4 Å². The number of hydrogen-bond acceptors (Lipinski definition) is 10. The number of rotatable bonds is 13. The number of methoxy groups -OCH3 is 1. The molecule has 0 saturated carbocycles. The van der Waals surface area contributed by atoms with Gasteiger partial charge in [0.2, 0.25) is 15.8 Å². The van der Waals surface area contributed by atoms with Gasteiger partial charge in [0.1, 0.15) is 12.4 Å². The molecule has 43 heavy (non-hydrogen) atoms. The summed E-state index contributed by atoms with van der Waals surface area (Å²) < 4.78 is 74.2. The van der Waals surface area contributed by atoms with Crippen LogP contribution in [0.1, 0.15) is 36.7 Å². The first-order valence-electron chi connectivity index (χ1n) is 13.3. The first kappa shape index (κ1) is 31.7. The average Bonchev–Trinajstić information content (AvgIpc) is 2.97. The third kappa shape index (κ3) is 7.97. The third-order valence-electron chi connectivity index (χ3n) is 6.12. The lowest BCUT2D eigenvalue weighted by atomic mass is 10.1. The lowest BCUT2D eigenvalue weighted by molar-refractivity contribution is 0.290. The molecule has 228 valence electrons. The second-order valence-corrected chi connectivity index (χ2v) is 13.2. The number of nitrogens with zero attached hydrogens (tertiary/aromatic N) is 3. The zero-order valence-corrected chi connectivity index (χ0v) is 26.0. The van der Waals surface area contributed by atoms with Gasteiger partial charge in [-0.25, -0.2) is 23.1 Å². The number of aromatic nitrogens is 3. The SMILES string of the molecule is COc1ccccc1Oc1c(NS(=O)(=O)c2ccc(C(C)C)cn2)nc(C)nc1OCCNS(=O)(=O)c1ccc(C)cc1. The molecule has 0 amide bonds. The molecule has 4 rings (SSSR count). The Labute approximate surface area is 251 Å². The van der Waals surface area contributed by atoms with E-state index in [1.165, 1.54) is 31.5 Å². The van der Waals surface area contributed by atoms with E-state index in [4.69, 9.17) is 14.2 Å². The van der Waals surface area contributed by atoms with Gasteiger partial charge < -0.3 is 14.2 Å². The van der Waals surface area contributed by atoms with Crippen LogP contribution in [-0.2, 0) is 20.0 Å². The van der Waals surface area contributed by atoms with Crippen molar-refractivity contribution in [3.63, 3.8) is 0 Å². The van der Waals surface area contributed by atoms with Crippen LogP contribution in [-0.4, -0.2) is 52.0 Å². The maximum Gasteiger partial charge on any atom is 0.280 e.